The lowest BCUT2D eigenvalue weighted by molar-refractivity contribution is -0.147. The summed E-state index contributed by atoms with van der Waals surface area (Å²) >= 11 is 0. The van der Waals surface area contributed by atoms with E-state index < -0.39 is 11.9 Å². The molecule has 0 unspecified atom stereocenters. The van der Waals surface area contributed by atoms with E-state index in [0.29, 0.717) is 0 Å². The van der Waals surface area contributed by atoms with Crippen LogP contribution in [0, 0.1) is 0 Å². The lowest BCUT2D eigenvalue weighted by Gasteiger charge is -1.94. The molecule has 11 heavy (non-hydrogen) atoms. The predicted molar refractivity (Wildman–Crippen MR) is 34.9 cm³/mol. The topological polar surface area (TPSA) is 95.1 Å². The first-order valence-corrected chi connectivity index (χ1v) is 2.74. The van der Waals surface area contributed by atoms with Crippen LogP contribution < -0.4 is 5.32 Å². The number of anilines is 1. The number of nitrogens with zero attached hydrogens (tertiary/aromatic N) is 1. The van der Waals surface area contributed by atoms with Gasteiger partial charge < -0.3 is 10.4 Å². The van der Waals surface area contributed by atoms with Gasteiger partial charge in [0.25, 0.3) is 0 Å². The molecule has 3 N–H and O–H groups in total. The quantitative estimate of drug-likeness (QED) is 0.473. The van der Waals surface area contributed by atoms with Gasteiger partial charge in [-0.1, -0.05) is 0 Å². The van der Waals surface area contributed by atoms with Crippen LogP contribution in [-0.2, 0) is 9.59 Å². The Bertz CT molecular complexity index is 267. The number of hydrogen-bond donors (Lipinski definition) is 3. The van der Waals surface area contributed by atoms with Crippen LogP contribution in [0.3, 0.4) is 0 Å². The second-order valence-electron chi connectivity index (χ2n) is 1.73. The van der Waals surface area contributed by atoms with Gasteiger partial charge in [-0.05, 0) is 0 Å². The maximum absolute atomic E-state index is 10.5. The smallest absolute Gasteiger partial charge is 0.394 e. The molecule has 1 rings (SSSR count). The van der Waals surface area contributed by atoms with Gasteiger partial charge in [0.2, 0.25) is 0 Å². The molecule has 0 saturated carbocycles. The summed E-state index contributed by atoms with van der Waals surface area (Å²) in [5.41, 5.74) is 0. The van der Waals surface area contributed by atoms with Gasteiger partial charge in [0.1, 0.15) is 5.82 Å². The fourth-order valence-corrected chi connectivity index (χ4v) is 0.501. The van der Waals surface area contributed by atoms with Crippen molar-refractivity contribution in [3.63, 3.8) is 0 Å². The molecule has 1 amide bonds. The molecular formula is C5H5N3O3. The number of carboxylic acid groups (broad SMARTS) is 1. The molecule has 6 nitrogen and oxygen atoms in total. The average molecular weight is 155 g/mol. The normalized spacial score (nSPS) is 9.09. The zero-order valence-electron chi connectivity index (χ0n) is 5.37. The van der Waals surface area contributed by atoms with E-state index in [-0.39, 0.29) is 5.82 Å². The molecule has 6 heteroatoms. The molecule has 1 aromatic rings. The van der Waals surface area contributed by atoms with Crippen molar-refractivity contribution in [2.24, 2.45) is 0 Å². The summed E-state index contributed by atoms with van der Waals surface area (Å²) < 4.78 is 0. The third kappa shape index (κ3) is 1.78. The maximum Gasteiger partial charge on any atom is 0.394 e. The van der Waals surface area contributed by atoms with Crippen molar-refractivity contribution < 1.29 is 14.7 Å². The van der Waals surface area contributed by atoms with Gasteiger partial charge in [0.15, 0.2) is 0 Å². The first kappa shape index (κ1) is 7.26. The molecule has 0 aliphatic carbocycles. The number of nitrogens with one attached hydrogen (secondary N) is 2. The maximum atomic E-state index is 10.5. The van der Waals surface area contributed by atoms with E-state index in [1.54, 1.807) is 0 Å². The van der Waals surface area contributed by atoms with Gasteiger partial charge in [0.05, 0.1) is 6.20 Å². The van der Waals surface area contributed by atoms with Crippen LogP contribution in [0.15, 0.2) is 12.3 Å². The van der Waals surface area contributed by atoms with E-state index in [1.807, 2.05) is 0 Å². The van der Waals surface area contributed by atoms with Gasteiger partial charge >= 0.3 is 11.9 Å². The Morgan fingerprint density at radius 2 is 2.36 bits per heavy atom. The number of hydrogen-bond acceptors (Lipinski definition) is 3. The molecule has 0 saturated heterocycles. The van der Waals surface area contributed by atoms with Gasteiger partial charge in [-0.3, -0.25) is 9.89 Å². The highest BCUT2D eigenvalue weighted by Crippen LogP contribution is 1.96. The Hall–Kier alpha value is -1.85. The van der Waals surface area contributed by atoms with Crippen molar-refractivity contribution in [2.75, 3.05) is 5.32 Å². The van der Waals surface area contributed by atoms with E-state index in [9.17, 15) is 9.59 Å². The van der Waals surface area contributed by atoms with Crippen LogP contribution >= 0.6 is 0 Å². The Morgan fingerprint density at radius 1 is 1.64 bits per heavy atom. The highest BCUT2D eigenvalue weighted by atomic mass is 16.4. The minimum atomic E-state index is -1.53. The predicted octanol–water partition coefficient (Wildman–Crippen LogP) is -0.567. The summed E-state index contributed by atoms with van der Waals surface area (Å²) in [6.45, 7) is 0. The van der Waals surface area contributed by atoms with E-state index in [1.165, 1.54) is 12.3 Å². The highest BCUT2D eigenvalue weighted by Gasteiger charge is 2.10. The zero-order valence-corrected chi connectivity index (χ0v) is 5.37. The molecule has 0 aliphatic heterocycles. The van der Waals surface area contributed by atoms with E-state index in [2.05, 4.69) is 15.5 Å². The number of aromatic nitrogens is 2. The fraction of sp³-hybridized carbons (Fsp3) is 0. The zero-order chi connectivity index (χ0) is 8.27. The molecule has 0 atom stereocenters. The molecule has 0 radical (unpaired) electrons. The second kappa shape index (κ2) is 2.82. The molecule has 0 spiro atoms. The van der Waals surface area contributed by atoms with Crippen molar-refractivity contribution in [2.45, 2.75) is 0 Å². The summed E-state index contributed by atoms with van der Waals surface area (Å²) in [4.78, 5) is 20.4. The van der Waals surface area contributed by atoms with Crippen molar-refractivity contribution >= 4 is 17.7 Å². The summed E-state index contributed by atoms with van der Waals surface area (Å²) in [5.74, 6) is -2.36. The highest BCUT2D eigenvalue weighted by molar-refractivity contribution is 6.36. The Balaban J connectivity index is 2.57. The number of H-pyrrole nitrogens is 1. The number of amides is 1. The molecule has 0 aromatic carbocycles. The summed E-state index contributed by atoms with van der Waals surface area (Å²) in [5, 5.41) is 16.1. The average Bonchev–Trinajstić information content (AvgIpc) is 2.39. The van der Waals surface area contributed by atoms with E-state index in [0.717, 1.165) is 0 Å². The first-order valence-electron chi connectivity index (χ1n) is 2.74. The van der Waals surface area contributed by atoms with Crippen LogP contribution in [0.5, 0.6) is 0 Å². The number of carboxylic acids is 1. The van der Waals surface area contributed by atoms with Crippen LogP contribution in [0.1, 0.15) is 0 Å². The first-order chi connectivity index (χ1) is 5.20. The number of aliphatic carboxylic acids is 1. The Labute approximate surface area is 61.2 Å². The van der Waals surface area contributed by atoms with Crippen LogP contribution in [0.4, 0.5) is 5.82 Å². The van der Waals surface area contributed by atoms with Gasteiger partial charge in [0, 0.05) is 6.07 Å². The number of rotatable bonds is 1. The molecule has 1 aromatic heterocycles. The molecule has 0 fully saturated rings. The lowest BCUT2D eigenvalue weighted by Crippen LogP contribution is -2.21. The minimum Gasteiger partial charge on any atom is -0.474 e. The number of carbonyl (C=O) groups is 2. The largest absolute Gasteiger partial charge is 0.474 e. The van der Waals surface area contributed by atoms with Crippen molar-refractivity contribution in [1.29, 1.82) is 0 Å². The third-order valence-electron chi connectivity index (χ3n) is 0.943. The Morgan fingerprint density at radius 3 is 2.82 bits per heavy atom. The van der Waals surface area contributed by atoms with Crippen molar-refractivity contribution in [1.82, 2.24) is 10.2 Å². The lowest BCUT2D eigenvalue weighted by atomic mass is 10.5. The third-order valence-corrected chi connectivity index (χ3v) is 0.943. The fourth-order valence-electron chi connectivity index (χ4n) is 0.501. The molecular weight excluding hydrogens is 150 g/mol. The van der Waals surface area contributed by atoms with Crippen molar-refractivity contribution in [3.05, 3.63) is 12.3 Å². The van der Waals surface area contributed by atoms with Crippen molar-refractivity contribution in [3.8, 4) is 0 Å². The van der Waals surface area contributed by atoms with E-state index >= 15 is 0 Å². The minimum absolute atomic E-state index is 0.261. The van der Waals surface area contributed by atoms with E-state index in [4.69, 9.17) is 5.11 Å². The van der Waals surface area contributed by atoms with Gasteiger partial charge in [-0.15, -0.1) is 0 Å². The van der Waals surface area contributed by atoms with Crippen LogP contribution in [0.2, 0.25) is 0 Å². The van der Waals surface area contributed by atoms with Gasteiger partial charge in [-0.25, -0.2) is 4.79 Å². The van der Waals surface area contributed by atoms with Crippen LogP contribution in [0.25, 0.3) is 0 Å². The number of aromatic amines is 1. The van der Waals surface area contributed by atoms with Gasteiger partial charge in [-0.2, -0.15) is 5.10 Å². The molecule has 58 valence electrons. The number of carbonyl (C=O) groups excluding carboxylic acids is 1. The van der Waals surface area contributed by atoms with Crippen LogP contribution in [-0.4, -0.2) is 27.2 Å². The molecule has 0 bridgehead atoms. The molecule has 1 heterocycles. The SMILES string of the molecule is O=C(O)C(=O)Nc1ccn[nH]1. The summed E-state index contributed by atoms with van der Waals surface area (Å²) in [6.07, 6.45) is 1.40. The summed E-state index contributed by atoms with van der Waals surface area (Å²) in [7, 11) is 0. The standard InChI is InChI=1S/C5H5N3O3/c9-4(5(10)11)7-3-1-2-6-8-3/h1-2H,(H,10,11)(H2,6,7,8,9). The Kier molecular flexibility index (Phi) is 1.86. The summed E-state index contributed by atoms with van der Waals surface area (Å²) in [6, 6.07) is 1.45. The molecule has 0 aliphatic rings. The monoisotopic (exact) mass is 155 g/mol. The second-order valence-corrected chi connectivity index (χ2v) is 1.73.